The largest absolute Gasteiger partial charge is 0.340 e. The van der Waals surface area contributed by atoms with Crippen molar-refractivity contribution in [2.45, 2.75) is 65.5 Å². The summed E-state index contributed by atoms with van der Waals surface area (Å²) in [5.74, 6) is 5.92. The van der Waals surface area contributed by atoms with Crippen molar-refractivity contribution in [1.82, 2.24) is 10.2 Å². The minimum Gasteiger partial charge on any atom is -0.340 e. The van der Waals surface area contributed by atoms with Crippen molar-refractivity contribution in [3.63, 3.8) is 0 Å². The van der Waals surface area contributed by atoms with Gasteiger partial charge in [-0.1, -0.05) is 27.7 Å². The van der Waals surface area contributed by atoms with Crippen molar-refractivity contribution < 1.29 is 9.59 Å². The van der Waals surface area contributed by atoms with Gasteiger partial charge in [-0.15, -0.1) is 11.8 Å². The van der Waals surface area contributed by atoms with E-state index in [0.717, 1.165) is 0 Å². The van der Waals surface area contributed by atoms with Crippen LogP contribution in [-0.4, -0.2) is 34.8 Å². The maximum atomic E-state index is 12.8. The quantitative estimate of drug-likeness (QED) is 0.781. The summed E-state index contributed by atoms with van der Waals surface area (Å²) in [5, 5.41) is 2.96. The lowest BCUT2D eigenvalue weighted by Crippen LogP contribution is -2.71. The van der Waals surface area contributed by atoms with Crippen molar-refractivity contribution in [2.75, 3.05) is 6.54 Å². The van der Waals surface area contributed by atoms with Gasteiger partial charge in [-0.25, -0.2) is 0 Å². The molecule has 1 rings (SSSR count). The van der Waals surface area contributed by atoms with E-state index in [1.807, 2.05) is 27.7 Å². The van der Waals surface area contributed by atoms with Crippen LogP contribution in [0.4, 0.5) is 0 Å². The normalized spacial score (nSPS) is 21.5. The lowest BCUT2D eigenvalue weighted by atomic mass is 9.85. The fourth-order valence-corrected chi connectivity index (χ4v) is 2.84. The van der Waals surface area contributed by atoms with E-state index in [1.165, 1.54) is 0 Å². The van der Waals surface area contributed by atoms with Crippen molar-refractivity contribution in [3.05, 3.63) is 0 Å². The molecule has 4 nitrogen and oxygen atoms in total. The number of hydrogen-bond donors (Lipinski definition) is 1. The highest BCUT2D eigenvalue weighted by atomic mass is 16.2. The van der Waals surface area contributed by atoms with Crippen LogP contribution in [0.15, 0.2) is 0 Å². The Morgan fingerprint density at radius 2 is 1.90 bits per heavy atom. The lowest BCUT2D eigenvalue weighted by Gasteiger charge is -2.46. The summed E-state index contributed by atoms with van der Waals surface area (Å²) in [6.45, 7) is 10.1. The maximum Gasteiger partial charge on any atom is 0.249 e. The number of hydrogen-bond acceptors (Lipinski definition) is 2. The second kappa shape index (κ2) is 6.78. The summed E-state index contributed by atoms with van der Waals surface area (Å²) in [7, 11) is 0. The second-order valence-corrected chi connectivity index (χ2v) is 5.64. The topological polar surface area (TPSA) is 49.4 Å². The summed E-state index contributed by atoms with van der Waals surface area (Å²) < 4.78 is 0. The van der Waals surface area contributed by atoms with Gasteiger partial charge in [0.05, 0.1) is 0 Å². The molecule has 20 heavy (non-hydrogen) atoms. The van der Waals surface area contributed by atoms with Gasteiger partial charge in [0.25, 0.3) is 0 Å². The molecular formula is C16H26N2O2. The lowest BCUT2D eigenvalue weighted by molar-refractivity contribution is -0.157. The Balaban J connectivity index is 3.09. The van der Waals surface area contributed by atoms with Gasteiger partial charge in [-0.05, 0) is 25.7 Å². The first-order chi connectivity index (χ1) is 9.43. The smallest absolute Gasteiger partial charge is 0.249 e. The molecule has 1 saturated heterocycles. The molecule has 1 atom stereocenters. The Kier molecular flexibility index (Phi) is 5.62. The highest BCUT2D eigenvalue weighted by Crippen LogP contribution is 2.27. The van der Waals surface area contributed by atoms with E-state index in [-0.39, 0.29) is 23.8 Å². The Hall–Kier alpha value is -1.50. The van der Waals surface area contributed by atoms with Gasteiger partial charge in [-0.3, -0.25) is 9.59 Å². The molecule has 0 saturated carbocycles. The van der Waals surface area contributed by atoms with Gasteiger partial charge in [0.1, 0.15) is 11.6 Å². The van der Waals surface area contributed by atoms with E-state index in [2.05, 4.69) is 17.2 Å². The van der Waals surface area contributed by atoms with Crippen molar-refractivity contribution in [1.29, 1.82) is 0 Å². The number of nitrogens with one attached hydrogen (secondary N) is 1. The molecule has 0 radical (unpaired) electrons. The zero-order chi connectivity index (χ0) is 15.3. The summed E-state index contributed by atoms with van der Waals surface area (Å²) >= 11 is 0. The summed E-state index contributed by atoms with van der Waals surface area (Å²) in [4.78, 5) is 27.0. The van der Waals surface area contributed by atoms with Crippen LogP contribution >= 0.6 is 0 Å². The van der Waals surface area contributed by atoms with Gasteiger partial charge in [0.2, 0.25) is 11.8 Å². The molecule has 1 unspecified atom stereocenters. The number of carbonyl (C=O) groups excluding carboxylic acids is 2. The van der Waals surface area contributed by atoms with Crippen LogP contribution < -0.4 is 5.32 Å². The van der Waals surface area contributed by atoms with E-state index < -0.39 is 5.54 Å². The zero-order valence-corrected chi connectivity index (χ0v) is 13.2. The summed E-state index contributed by atoms with van der Waals surface area (Å²) in [6, 6.07) is -0.382. The molecule has 1 aliphatic heterocycles. The Labute approximate surface area is 122 Å². The van der Waals surface area contributed by atoms with Crippen molar-refractivity contribution in [2.24, 2.45) is 5.92 Å². The Morgan fingerprint density at radius 3 is 2.35 bits per heavy atom. The van der Waals surface area contributed by atoms with Crippen LogP contribution in [0.2, 0.25) is 0 Å². The van der Waals surface area contributed by atoms with Gasteiger partial charge >= 0.3 is 0 Å². The number of nitrogens with zero attached hydrogens (tertiary/aromatic N) is 1. The van der Waals surface area contributed by atoms with Gasteiger partial charge < -0.3 is 10.2 Å². The fourth-order valence-electron chi connectivity index (χ4n) is 2.84. The third-order valence-corrected chi connectivity index (χ3v) is 4.13. The number of rotatable bonds is 5. The van der Waals surface area contributed by atoms with Crippen LogP contribution in [0.5, 0.6) is 0 Å². The highest BCUT2D eigenvalue weighted by molar-refractivity contribution is 5.99. The average molecular weight is 278 g/mol. The van der Waals surface area contributed by atoms with Crippen LogP contribution in [-0.2, 0) is 9.59 Å². The van der Waals surface area contributed by atoms with E-state index >= 15 is 0 Å². The number of carbonyl (C=O) groups is 2. The molecule has 2 amide bonds. The predicted octanol–water partition coefficient (Wildman–Crippen LogP) is 1.94. The Bertz CT molecular complexity index is 427. The first-order valence-corrected chi connectivity index (χ1v) is 7.46. The summed E-state index contributed by atoms with van der Waals surface area (Å²) in [5.41, 5.74) is -0.734. The fraction of sp³-hybridized carbons (Fsp3) is 0.750. The van der Waals surface area contributed by atoms with E-state index in [0.29, 0.717) is 25.8 Å². The van der Waals surface area contributed by atoms with Gasteiger partial charge in [-0.2, -0.15) is 0 Å². The van der Waals surface area contributed by atoms with Crippen LogP contribution in [0.1, 0.15) is 53.9 Å². The van der Waals surface area contributed by atoms with E-state index in [1.54, 1.807) is 11.8 Å². The number of amides is 2. The molecule has 0 spiro atoms. The maximum absolute atomic E-state index is 12.8. The minimum absolute atomic E-state index is 0.0345. The zero-order valence-electron chi connectivity index (χ0n) is 13.2. The highest BCUT2D eigenvalue weighted by Gasteiger charge is 2.49. The molecule has 112 valence electrons. The van der Waals surface area contributed by atoms with Crippen molar-refractivity contribution >= 4 is 11.8 Å². The van der Waals surface area contributed by atoms with Gasteiger partial charge in [0.15, 0.2) is 0 Å². The average Bonchev–Trinajstić information content (AvgIpc) is 2.42. The van der Waals surface area contributed by atoms with Crippen LogP contribution in [0.25, 0.3) is 0 Å². The standard InChI is InChI=1S/C16H26N2O2/c1-6-9-10-11-18-13(12(4)5)14(19)17-16(7-2,8-3)15(18)20/h12-13H,7-8,10-11H2,1-5H3,(H,17,19). The third kappa shape index (κ3) is 2.98. The molecule has 1 heterocycles. The molecule has 4 heteroatoms. The Morgan fingerprint density at radius 1 is 1.30 bits per heavy atom. The first kappa shape index (κ1) is 16.6. The predicted molar refractivity (Wildman–Crippen MR) is 79.9 cm³/mol. The molecule has 0 aromatic carbocycles. The van der Waals surface area contributed by atoms with Crippen molar-refractivity contribution in [3.8, 4) is 11.8 Å². The van der Waals surface area contributed by atoms with Gasteiger partial charge in [0, 0.05) is 13.0 Å². The van der Waals surface area contributed by atoms with E-state index in [4.69, 9.17) is 0 Å². The molecule has 0 aliphatic carbocycles. The van der Waals surface area contributed by atoms with E-state index in [9.17, 15) is 9.59 Å². The molecule has 0 aromatic heterocycles. The molecule has 0 bridgehead atoms. The van der Waals surface area contributed by atoms with Crippen LogP contribution in [0, 0.1) is 17.8 Å². The molecule has 0 aromatic rings. The third-order valence-electron chi connectivity index (χ3n) is 4.13. The van der Waals surface area contributed by atoms with Crippen LogP contribution in [0.3, 0.4) is 0 Å². The summed E-state index contributed by atoms with van der Waals surface area (Å²) in [6.07, 6.45) is 1.85. The number of piperazine rings is 1. The molecule has 1 N–H and O–H groups in total. The minimum atomic E-state index is -0.734. The first-order valence-electron chi connectivity index (χ1n) is 7.46. The SMILES string of the molecule is CC#CCCN1C(=O)C(CC)(CC)NC(=O)C1C(C)C. The molecule has 1 aliphatic rings. The molecular weight excluding hydrogens is 252 g/mol. The molecule has 1 fully saturated rings. The monoisotopic (exact) mass is 278 g/mol. The second-order valence-electron chi connectivity index (χ2n) is 5.64.